The smallest absolute Gasteiger partial charge is 0.264 e. The van der Waals surface area contributed by atoms with E-state index in [4.69, 9.17) is 0 Å². The van der Waals surface area contributed by atoms with Gasteiger partial charge < -0.3 is 10.2 Å². The Kier molecular flexibility index (Phi) is 4.29. The average Bonchev–Trinajstić information content (AvgIpc) is 2.83. The molecule has 0 saturated carbocycles. The lowest BCUT2D eigenvalue weighted by molar-refractivity contribution is -0.126. The minimum Gasteiger partial charge on any atom is -0.357 e. The molecule has 2 heterocycles. The molecule has 2 rings (SSSR count). The fourth-order valence-corrected chi connectivity index (χ4v) is 3.30. The average molecular weight is 284 g/mol. The number of hydrogen-bond acceptors (Lipinski definition) is 4. The van der Waals surface area contributed by atoms with Crippen LogP contribution >= 0.6 is 24.0 Å². The van der Waals surface area contributed by atoms with Crippen molar-refractivity contribution in [2.75, 3.05) is 13.6 Å². The van der Waals surface area contributed by atoms with Crippen molar-refractivity contribution >= 4 is 35.8 Å². The van der Waals surface area contributed by atoms with Crippen molar-refractivity contribution in [1.29, 1.82) is 0 Å². The number of amides is 2. The van der Waals surface area contributed by atoms with E-state index in [1.165, 1.54) is 11.3 Å². The van der Waals surface area contributed by atoms with Crippen molar-refractivity contribution in [3.05, 3.63) is 16.3 Å². The highest BCUT2D eigenvalue weighted by Gasteiger charge is 2.32. The van der Waals surface area contributed by atoms with Gasteiger partial charge in [-0.1, -0.05) is 0 Å². The van der Waals surface area contributed by atoms with Crippen molar-refractivity contribution in [2.24, 2.45) is 0 Å². The minimum absolute atomic E-state index is 0.0615. The molecule has 4 nitrogen and oxygen atoms in total. The zero-order valence-corrected chi connectivity index (χ0v) is 11.9. The number of carbonyl (C=O) groups is 2. The number of piperidine rings is 1. The summed E-state index contributed by atoms with van der Waals surface area (Å²) in [5.74, 6) is -0.140. The molecule has 0 bridgehead atoms. The van der Waals surface area contributed by atoms with Gasteiger partial charge in [0.05, 0.1) is 4.88 Å². The summed E-state index contributed by atoms with van der Waals surface area (Å²) in [6, 6.07) is 1.42. The number of rotatable bonds is 2. The molecular weight excluding hydrogens is 268 g/mol. The zero-order valence-electron chi connectivity index (χ0n) is 10.2. The van der Waals surface area contributed by atoms with Gasteiger partial charge in [-0.05, 0) is 25.3 Å². The molecule has 98 valence electrons. The van der Waals surface area contributed by atoms with Gasteiger partial charge in [-0.3, -0.25) is 9.59 Å². The highest BCUT2D eigenvalue weighted by atomic mass is 32.1. The Morgan fingerprint density at radius 2 is 2.28 bits per heavy atom. The Morgan fingerprint density at radius 3 is 2.89 bits per heavy atom. The summed E-state index contributed by atoms with van der Waals surface area (Å²) in [5, 5.41) is 4.46. The summed E-state index contributed by atoms with van der Waals surface area (Å²) >= 11 is 5.58. The summed E-state index contributed by atoms with van der Waals surface area (Å²) in [6.07, 6.45) is 2.69. The lowest BCUT2D eigenvalue weighted by Gasteiger charge is -2.34. The first-order chi connectivity index (χ1) is 8.63. The van der Waals surface area contributed by atoms with E-state index in [9.17, 15) is 9.59 Å². The fraction of sp³-hybridized carbons (Fsp3) is 0.500. The number of nitrogens with zero attached hydrogens (tertiary/aromatic N) is 1. The topological polar surface area (TPSA) is 49.4 Å². The van der Waals surface area contributed by atoms with Gasteiger partial charge in [0, 0.05) is 23.9 Å². The molecule has 1 saturated heterocycles. The Morgan fingerprint density at radius 1 is 1.50 bits per heavy atom. The molecule has 0 aromatic carbocycles. The molecule has 1 unspecified atom stereocenters. The third-order valence-electron chi connectivity index (χ3n) is 3.11. The minimum atomic E-state index is -0.332. The van der Waals surface area contributed by atoms with Gasteiger partial charge in [0.1, 0.15) is 6.04 Å². The number of likely N-dealkylation sites (N-methyl/N-ethyl adjacent to an activating group) is 1. The quantitative estimate of drug-likeness (QED) is 0.813. The lowest BCUT2D eigenvalue weighted by Crippen LogP contribution is -2.51. The third kappa shape index (κ3) is 2.70. The first-order valence-corrected chi connectivity index (χ1v) is 7.26. The van der Waals surface area contributed by atoms with Crippen LogP contribution in [-0.2, 0) is 4.79 Å². The van der Waals surface area contributed by atoms with E-state index < -0.39 is 0 Å². The Bertz CT molecular complexity index is 459. The molecule has 0 spiro atoms. The van der Waals surface area contributed by atoms with Crippen LogP contribution in [0.2, 0.25) is 0 Å². The van der Waals surface area contributed by atoms with Crippen LogP contribution in [0.25, 0.3) is 0 Å². The van der Waals surface area contributed by atoms with E-state index >= 15 is 0 Å². The molecule has 1 aromatic heterocycles. The van der Waals surface area contributed by atoms with Gasteiger partial charge in [0.2, 0.25) is 5.91 Å². The van der Waals surface area contributed by atoms with E-state index in [-0.39, 0.29) is 17.9 Å². The lowest BCUT2D eigenvalue weighted by atomic mass is 10.0. The van der Waals surface area contributed by atoms with Crippen LogP contribution in [0.4, 0.5) is 0 Å². The van der Waals surface area contributed by atoms with Crippen LogP contribution in [0.3, 0.4) is 0 Å². The van der Waals surface area contributed by atoms with Crippen LogP contribution in [0.1, 0.15) is 28.9 Å². The molecule has 1 aliphatic rings. The predicted octanol–water partition coefficient (Wildman–Crippen LogP) is 1.78. The van der Waals surface area contributed by atoms with Crippen LogP contribution in [0, 0.1) is 0 Å². The van der Waals surface area contributed by atoms with Gasteiger partial charge in [-0.2, -0.15) is 0 Å². The van der Waals surface area contributed by atoms with Gasteiger partial charge in [0.25, 0.3) is 5.91 Å². The molecule has 1 N–H and O–H groups in total. The zero-order chi connectivity index (χ0) is 13.1. The highest BCUT2D eigenvalue weighted by Crippen LogP contribution is 2.24. The van der Waals surface area contributed by atoms with E-state index in [0.29, 0.717) is 11.4 Å². The SMILES string of the molecule is CNC(=O)C1CCCCN1C(=O)c1cc(S)cs1. The van der Waals surface area contributed by atoms with Crippen LogP contribution in [0.15, 0.2) is 16.3 Å². The van der Waals surface area contributed by atoms with E-state index in [1.54, 1.807) is 18.0 Å². The van der Waals surface area contributed by atoms with Gasteiger partial charge in [-0.25, -0.2) is 0 Å². The van der Waals surface area contributed by atoms with Crippen LogP contribution in [-0.4, -0.2) is 36.3 Å². The van der Waals surface area contributed by atoms with Crippen LogP contribution in [0.5, 0.6) is 0 Å². The summed E-state index contributed by atoms with van der Waals surface area (Å²) in [7, 11) is 1.61. The molecule has 18 heavy (non-hydrogen) atoms. The summed E-state index contributed by atoms with van der Waals surface area (Å²) < 4.78 is 0. The molecule has 1 aromatic rings. The van der Waals surface area contributed by atoms with Crippen molar-refractivity contribution in [2.45, 2.75) is 30.2 Å². The predicted molar refractivity (Wildman–Crippen MR) is 74.3 cm³/mol. The van der Waals surface area contributed by atoms with Crippen molar-refractivity contribution < 1.29 is 9.59 Å². The second-order valence-electron chi connectivity index (χ2n) is 4.29. The van der Waals surface area contributed by atoms with E-state index in [0.717, 1.165) is 24.2 Å². The Balaban J connectivity index is 2.18. The normalized spacial score (nSPS) is 19.7. The number of carbonyl (C=O) groups excluding carboxylic acids is 2. The van der Waals surface area contributed by atoms with E-state index in [2.05, 4.69) is 17.9 Å². The molecular formula is C12H16N2O2S2. The monoisotopic (exact) mass is 284 g/mol. The molecule has 2 amide bonds. The number of hydrogen-bond donors (Lipinski definition) is 2. The molecule has 1 fully saturated rings. The fourth-order valence-electron chi connectivity index (χ4n) is 2.19. The second kappa shape index (κ2) is 5.75. The summed E-state index contributed by atoms with van der Waals surface area (Å²) in [5.41, 5.74) is 0. The summed E-state index contributed by atoms with van der Waals surface area (Å²) in [4.78, 5) is 27.3. The first kappa shape index (κ1) is 13.4. The van der Waals surface area contributed by atoms with Gasteiger partial charge >= 0.3 is 0 Å². The van der Waals surface area contributed by atoms with Crippen LogP contribution < -0.4 is 5.32 Å². The number of likely N-dealkylation sites (tertiary alicyclic amines) is 1. The van der Waals surface area contributed by atoms with Crippen molar-refractivity contribution in [1.82, 2.24) is 10.2 Å². The van der Waals surface area contributed by atoms with Crippen molar-refractivity contribution in [3.8, 4) is 0 Å². The van der Waals surface area contributed by atoms with Gasteiger partial charge in [-0.15, -0.1) is 24.0 Å². The second-order valence-corrected chi connectivity index (χ2v) is 5.72. The maximum atomic E-state index is 12.4. The maximum Gasteiger partial charge on any atom is 0.264 e. The molecule has 0 aliphatic carbocycles. The Hall–Kier alpha value is -1.01. The van der Waals surface area contributed by atoms with Crippen molar-refractivity contribution in [3.63, 3.8) is 0 Å². The standard InChI is InChI=1S/C12H16N2O2S2/c1-13-11(15)9-4-2-3-5-14(9)12(16)10-6-8(17)7-18-10/h6-7,9,17H,2-5H2,1H3,(H,13,15). The van der Waals surface area contributed by atoms with E-state index in [1.807, 2.05) is 5.38 Å². The summed E-state index contributed by atoms with van der Waals surface area (Å²) in [6.45, 7) is 0.650. The maximum absolute atomic E-state index is 12.4. The molecule has 1 aliphatic heterocycles. The number of thiol groups is 1. The molecule has 6 heteroatoms. The van der Waals surface area contributed by atoms with Gasteiger partial charge in [0.15, 0.2) is 0 Å². The number of thiophene rings is 1. The highest BCUT2D eigenvalue weighted by molar-refractivity contribution is 7.80. The number of nitrogens with one attached hydrogen (secondary N) is 1. The largest absolute Gasteiger partial charge is 0.357 e. The molecule has 0 radical (unpaired) electrons. The Labute approximate surface area is 116 Å². The first-order valence-electron chi connectivity index (χ1n) is 5.93. The third-order valence-corrected chi connectivity index (χ3v) is 4.46. The molecule has 1 atom stereocenters.